The number of carbonyl (C=O) groups is 1. The summed E-state index contributed by atoms with van der Waals surface area (Å²) in [4.78, 5) is 12.2. The molecular formula is C23H24IN3O. The van der Waals surface area contributed by atoms with Crippen molar-refractivity contribution in [2.75, 3.05) is 0 Å². The highest BCUT2D eigenvalue weighted by atomic mass is 127. The Bertz CT molecular complexity index is 1050. The molecule has 0 bridgehead atoms. The third kappa shape index (κ3) is 4.52. The molecule has 0 fully saturated rings. The van der Waals surface area contributed by atoms with Crippen LogP contribution in [0.15, 0.2) is 53.6 Å². The van der Waals surface area contributed by atoms with Crippen LogP contribution < -0.4 is 5.43 Å². The summed E-state index contributed by atoms with van der Waals surface area (Å²) in [6, 6.07) is 16.5. The Balaban J connectivity index is 1.72. The minimum absolute atomic E-state index is 0.116. The maximum atomic E-state index is 12.2. The highest BCUT2D eigenvalue weighted by Crippen LogP contribution is 2.23. The van der Waals surface area contributed by atoms with Crippen molar-refractivity contribution in [1.82, 2.24) is 9.99 Å². The fraction of sp³-hybridized carbons (Fsp3) is 0.217. The second kappa shape index (κ2) is 8.73. The zero-order valence-corrected chi connectivity index (χ0v) is 18.7. The summed E-state index contributed by atoms with van der Waals surface area (Å²) in [7, 11) is 0. The second-order valence-corrected chi connectivity index (χ2v) is 8.18. The van der Waals surface area contributed by atoms with Crippen molar-refractivity contribution in [1.29, 1.82) is 0 Å². The van der Waals surface area contributed by atoms with Crippen LogP contribution in [0.1, 0.15) is 33.6 Å². The van der Waals surface area contributed by atoms with Crippen LogP contribution in [0.25, 0.3) is 5.69 Å². The molecule has 0 radical (unpaired) electrons. The molecule has 0 aliphatic heterocycles. The highest BCUT2D eigenvalue weighted by Gasteiger charge is 2.11. The van der Waals surface area contributed by atoms with Gasteiger partial charge in [0.1, 0.15) is 0 Å². The van der Waals surface area contributed by atoms with Gasteiger partial charge in [0.05, 0.1) is 18.3 Å². The van der Waals surface area contributed by atoms with Gasteiger partial charge >= 0.3 is 0 Å². The van der Waals surface area contributed by atoms with Gasteiger partial charge in [0, 0.05) is 20.5 Å². The van der Waals surface area contributed by atoms with Crippen molar-refractivity contribution in [2.45, 2.75) is 34.1 Å². The van der Waals surface area contributed by atoms with Crippen molar-refractivity contribution in [2.24, 2.45) is 5.10 Å². The fourth-order valence-corrected chi connectivity index (χ4v) is 3.98. The fourth-order valence-electron chi connectivity index (χ4n) is 3.35. The lowest BCUT2D eigenvalue weighted by Crippen LogP contribution is -2.20. The Hall–Kier alpha value is -2.41. The molecule has 0 unspecified atom stereocenters. The van der Waals surface area contributed by atoms with Crippen LogP contribution >= 0.6 is 22.6 Å². The first-order chi connectivity index (χ1) is 13.4. The van der Waals surface area contributed by atoms with Crippen LogP contribution in [0.2, 0.25) is 0 Å². The van der Waals surface area contributed by atoms with Crippen molar-refractivity contribution in [3.8, 4) is 5.69 Å². The van der Waals surface area contributed by atoms with E-state index in [1.807, 2.05) is 38.1 Å². The number of hydrogen-bond acceptors (Lipinski definition) is 2. The lowest BCUT2D eigenvalue weighted by atomic mass is 10.0. The van der Waals surface area contributed by atoms with Gasteiger partial charge in [-0.3, -0.25) is 4.79 Å². The Kier molecular flexibility index (Phi) is 6.34. The van der Waals surface area contributed by atoms with Crippen LogP contribution in [-0.2, 0) is 11.2 Å². The van der Waals surface area contributed by atoms with Gasteiger partial charge in [0.15, 0.2) is 0 Å². The molecule has 1 N–H and O–H groups in total. The Morgan fingerprint density at radius 2 is 1.86 bits per heavy atom. The minimum atomic E-state index is -0.116. The Labute approximate surface area is 179 Å². The van der Waals surface area contributed by atoms with Gasteiger partial charge < -0.3 is 4.57 Å². The van der Waals surface area contributed by atoms with E-state index < -0.39 is 0 Å². The average Bonchev–Trinajstić information content (AvgIpc) is 2.92. The summed E-state index contributed by atoms with van der Waals surface area (Å²) >= 11 is 2.35. The van der Waals surface area contributed by atoms with E-state index in [1.54, 1.807) is 6.21 Å². The number of aryl methyl sites for hydroxylation is 3. The highest BCUT2D eigenvalue weighted by molar-refractivity contribution is 14.1. The molecule has 0 spiro atoms. The normalized spacial score (nSPS) is 11.2. The number of hydrogen-bond donors (Lipinski definition) is 1. The quantitative estimate of drug-likeness (QED) is 0.308. The van der Waals surface area contributed by atoms with E-state index in [4.69, 9.17) is 0 Å². The summed E-state index contributed by atoms with van der Waals surface area (Å²) in [5.41, 5.74) is 10.4. The number of carbonyl (C=O) groups excluding carboxylic acids is 1. The molecule has 3 aromatic rings. The number of nitrogens with zero attached hydrogens (tertiary/aromatic N) is 2. The van der Waals surface area contributed by atoms with Crippen LogP contribution in [0, 0.1) is 31.3 Å². The van der Waals surface area contributed by atoms with Crippen LogP contribution in [0.3, 0.4) is 0 Å². The first kappa shape index (κ1) is 20.3. The van der Waals surface area contributed by atoms with Gasteiger partial charge in [0.25, 0.3) is 0 Å². The molecule has 3 rings (SSSR count). The molecule has 4 nitrogen and oxygen atoms in total. The van der Waals surface area contributed by atoms with Gasteiger partial charge in [-0.05, 0) is 79.6 Å². The first-order valence-electron chi connectivity index (χ1n) is 9.18. The third-order valence-corrected chi connectivity index (χ3v) is 5.72. The molecular weight excluding hydrogens is 461 g/mol. The number of halogens is 1. The summed E-state index contributed by atoms with van der Waals surface area (Å²) in [5, 5.41) is 4.18. The molecule has 0 saturated carbocycles. The largest absolute Gasteiger partial charge is 0.317 e. The predicted octanol–water partition coefficient (Wildman–Crippen LogP) is 5.01. The van der Waals surface area contributed by atoms with E-state index >= 15 is 0 Å². The molecule has 0 saturated heterocycles. The molecule has 1 aromatic heterocycles. The zero-order chi connectivity index (χ0) is 20.3. The molecule has 0 aliphatic rings. The molecule has 0 atom stereocenters. The minimum Gasteiger partial charge on any atom is -0.317 e. The SMILES string of the molecule is Cc1ccc(CC(=O)N/N=C/c2cc(C)n(-c3ccccc3I)c2C)c(C)c1. The molecule has 144 valence electrons. The number of para-hydroxylation sites is 1. The molecule has 0 aliphatic carbocycles. The van der Waals surface area contributed by atoms with Crippen molar-refractivity contribution in [3.63, 3.8) is 0 Å². The maximum absolute atomic E-state index is 12.2. The van der Waals surface area contributed by atoms with Crippen LogP contribution in [-0.4, -0.2) is 16.7 Å². The van der Waals surface area contributed by atoms with E-state index in [-0.39, 0.29) is 5.91 Å². The molecule has 5 heteroatoms. The topological polar surface area (TPSA) is 46.4 Å². The van der Waals surface area contributed by atoms with Gasteiger partial charge in [-0.25, -0.2) is 5.43 Å². The van der Waals surface area contributed by atoms with Gasteiger partial charge in [0.2, 0.25) is 5.91 Å². The summed E-state index contributed by atoms with van der Waals surface area (Å²) in [6.45, 7) is 8.22. The predicted molar refractivity (Wildman–Crippen MR) is 123 cm³/mol. The Morgan fingerprint density at radius 3 is 2.57 bits per heavy atom. The molecule has 1 heterocycles. The smallest absolute Gasteiger partial charge is 0.244 e. The summed E-state index contributed by atoms with van der Waals surface area (Å²) < 4.78 is 3.40. The summed E-state index contributed by atoms with van der Waals surface area (Å²) in [6.07, 6.45) is 2.04. The van der Waals surface area contributed by atoms with E-state index in [0.717, 1.165) is 33.8 Å². The lowest BCUT2D eigenvalue weighted by Gasteiger charge is -2.11. The van der Waals surface area contributed by atoms with Crippen LogP contribution in [0.5, 0.6) is 0 Å². The van der Waals surface area contributed by atoms with Gasteiger partial charge in [-0.15, -0.1) is 0 Å². The van der Waals surface area contributed by atoms with E-state index in [9.17, 15) is 4.79 Å². The average molecular weight is 485 g/mol. The van der Waals surface area contributed by atoms with Crippen molar-refractivity contribution >= 4 is 34.7 Å². The zero-order valence-electron chi connectivity index (χ0n) is 16.6. The number of benzene rings is 2. The molecule has 2 aromatic carbocycles. The van der Waals surface area contributed by atoms with Crippen molar-refractivity contribution in [3.05, 3.63) is 85.7 Å². The molecule has 1 amide bonds. The van der Waals surface area contributed by atoms with E-state index in [1.165, 1.54) is 9.13 Å². The number of aromatic nitrogens is 1. The van der Waals surface area contributed by atoms with Gasteiger partial charge in [-0.1, -0.05) is 35.9 Å². The second-order valence-electron chi connectivity index (χ2n) is 7.01. The first-order valence-corrected chi connectivity index (χ1v) is 10.3. The van der Waals surface area contributed by atoms with Crippen LogP contribution in [0.4, 0.5) is 0 Å². The number of amides is 1. The number of hydrazone groups is 1. The molecule has 28 heavy (non-hydrogen) atoms. The summed E-state index contributed by atoms with van der Waals surface area (Å²) in [5.74, 6) is -0.116. The number of nitrogens with one attached hydrogen (secondary N) is 1. The van der Waals surface area contributed by atoms with Gasteiger partial charge in [-0.2, -0.15) is 5.10 Å². The third-order valence-electron chi connectivity index (χ3n) is 4.81. The number of rotatable bonds is 5. The van der Waals surface area contributed by atoms with E-state index in [0.29, 0.717) is 6.42 Å². The Morgan fingerprint density at radius 1 is 1.11 bits per heavy atom. The standard InChI is InChI=1S/C23H24IN3O/c1-15-9-10-19(16(2)11-15)13-23(28)26-25-14-20-12-17(3)27(18(20)4)22-8-6-5-7-21(22)24/h5-12,14H,13H2,1-4H3,(H,26,28)/b25-14+. The van der Waals surface area contributed by atoms with E-state index in [2.05, 4.69) is 75.8 Å². The lowest BCUT2D eigenvalue weighted by molar-refractivity contribution is -0.120. The monoisotopic (exact) mass is 485 g/mol. The maximum Gasteiger partial charge on any atom is 0.244 e. The van der Waals surface area contributed by atoms with Crippen molar-refractivity contribution < 1.29 is 4.79 Å².